The molecule has 4 rings (SSSR count). The summed E-state index contributed by atoms with van der Waals surface area (Å²) >= 11 is 0. The molecule has 0 saturated carbocycles. The summed E-state index contributed by atoms with van der Waals surface area (Å²) in [6, 6.07) is 7.59. The van der Waals surface area contributed by atoms with Crippen LogP contribution in [0, 0.1) is 6.92 Å². The molecular formula is C17H19N5O3. The van der Waals surface area contributed by atoms with Gasteiger partial charge in [0.15, 0.2) is 11.5 Å². The Hall–Kier alpha value is -3.03. The van der Waals surface area contributed by atoms with Gasteiger partial charge in [-0.25, -0.2) is 4.98 Å². The number of anilines is 3. The molecule has 0 aliphatic carbocycles. The fourth-order valence-electron chi connectivity index (χ4n) is 2.91. The number of fused-ring (bicyclic) bond motifs is 1. The number of aromatic nitrogens is 2. The van der Waals surface area contributed by atoms with E-state index in [1.165, 1.54) is 0 Å². The summed E-state index contributed by atoms with van der Waals surface area (Å²) in [4.78, 5) is 23.9. The number of benzene rings is 1. The van der Waals surface area contributed by atoms with Crippen LogP contribution in [0.5, 0.6) is 11.5 Å². The summed E-state index contributed by atoms with van der Waals surface area (Å²) in [6.45, 7) is 5.02. The lowest BCUT2D eigenvalue weighted by molar-refractivity contribution is -0.118. The van der Waals surface area contributed by atoms with Crippen molar-refractivity contribution in [2.24, 2.45) is 0 Å². The minimum absolute atomic E-state index is 0.252. The monoisotopic (exact) mass is 341 g/mol. The maximum absolute atomic E-state index is 10.8. The number of rotatable bonds is 4. The fraction of sp³-hybridized carbons (Fsp3) is 0.353. The molecule has 1 aromatic heterocycles. The number of aryl methyl sites for hydroxylation is 1. The topological polar surface area (TPSA) is 79.8 Å². The maximum atomic E-state index is 10.8. The predicted octanol–water partition coefficient (Wildman–Crippen LogP) is 1.54. The van der Waals surface area contributed by atoms with E-state index in [4.69, 9.17) is 9.47 Å². The molecule has 0 unspecified atom stereocenters. The highest BCUT2D eigenvalue weighted by molar-refractivity contribution is 5.62. The maximum Gasteiger partial charge on any atom is 0.231 e. The van der Waals surface area contributed by atoms with Crippen LogP contribution in [0.1, 0.15) is 5.69 Å². The molecule has 0 atom stereocenters. The largest absolute Gasteiger partial charge is 0.454 e. The molecule has 1 amide bonds. The van der Waals surface area contributed by atoms with Crippen LogP contribution in [0.2, 0.25) is 0 Å². The Balaban J connectivity index is 1.52. The van der Waals surface area contributed by atoms with Gasteiger partial charge in [-0.2, -0.15) is 4.98 Å². The Kier molecular flexibility index (Phi) is 4.01. The minimum atomic E-state index is 0.252. The van der Waals surface area contributed by atoms with Crippen LogP contribution in [-0.4, -0.2) is 54.2 Å². The zero-order valence-electron chi connectivity index (χ0n) is 13.9. The Morgan fingerprint density at radius 3 is 2.68 bits per heavy atom. The Morgan fingerprint density at radius 2 is 1.88 bits per heavy atom. The SMILES string of the molecule is Cc1cc(Nc2ccc3c(c2)OCO3)nc(N2CCN(C=O)CC2)n1. The molecule has 3 heterocycles. The van der Waals surface area contributed by atoms with E-state index in [0.717, 1.165) is 48.2 Å². The quantitative estimate of drug-likeness (QED) is 0.845. The van der Waals surface area contributed by atoms with Gasteiger partial charge in [0.25, 0.3) is 0 Å². The van der Waals surface area contributed by atoms with E-state index in [1.807, 2.05) is 31.2 Å². The van der Waals surface area contributed by atoms with Crippen LogP contribution in [0.3, 0.4) is 0 Å². The van der Waals surface area contributed by atoms with Gasteiger partial charge in [-0.05, 0) is 19.1 Å². The van der Waals surface area contributed by atoms with Crippen molar-refractivity contribution in [1.82, 2.24) is 14.9 Å². The van der Waals surface area contributed by atoms with Crippen LogP contribution >= 0.6 is 0 Å². The van der Waals surface area contributed by atoms with Crippen LogP contribution in [0.25, 0.3) is 0 Å². The molecule has 2 aliphatic heterocycles. The van der Waals surface area contributed by atoms with Gasteiger partial charge in [0.1, 0.15) is 5.82 Å². The van der Waals surface area contributed by atoms with Crippen LogP contribution in [-0.2, 0) is 4.79 Å². The number of carbonyl (C=O) groups is 1. The Bertz CT molecular complexity index is 790. The lowest BCUT2D eigenvalue weighted by Crippen LogP contribution is -2.46. The van der Waals surface area contributed by atoms with Gasteiger partial charge >= 0.3 is 0 Å². The molecule has 0 bridgehead atoms. The standard InChI is InChI=1S/C17H19N5O3/c1-12-8-16(19-13-2-3-14-15(9-13)25-11-24-14)20-17(18-12)22-6-4-21(10-23)5-7-22/h2-3,8-10H,4-7,11H2,1H3,(H,18,19,20). The first-order chi connectivity index (χ1) is 12.2. The normalized spacial score (nSPS) is 16.0. The van der Waals surface area contributed by atoms with Gasteiger partial charge in [-0.1, -0.05) is 0 Å². The van der Waals surface area contributed by atoms with Crippen molar-refractivity contribution in [2.75, 3.05) is 43.2 Å². The van der Waals surface area contributed by atoms with Crippen LogP contribution in [0.15, 0.2) is 24.3 Å². The molecule has 130 valence electrons. The van der Waals surface area contributed by atoms with Crippen molar-refractivity contribution >= 4 is 23.9 Å². The van der Waals surface area contributed by atoms with E-state index >= 15 is 0 Å². The smallest absolute Gasteiger partial charge is 0.231 e. The van der Waals surface area contributed by atoms with Gasteiger partial charge in [-0.3, -0.25) is 4.79 Å². The van der Waals surface area contributed by atoms with Crippen molar-refractivity contribution in [3.8, 4) is 11.5 Å². The third-order valence-electron chi connectivity index (χ3n) is 4.23. The number of ether oxygens (including phenoxy) is 2. The zero-order valence-corrected chi connectivity index (χ0v) is 13.9. The highest BCUT2D eigenvalue weighted by Crippen LogP contribution is 2.35. The van der Waals surface area contributed by atoms with Gasteiger partial charge in [-0.15, -0.1) is 0 Å². The van der Waals surface area contributed by atoms with E-state index in [2.05, 4.69) is 20.2 Å². The molecule has 8 nitrogen and oxygen atoms in total. The predicted molar refractivity (Wildman–Crippen MR) is 92.5 cm³/mol. The number of nitrogens with zero attached hydrogens (tertiary/aromatic N) is 4. The Labute approximate surface area is 145 Å². The van der Waals surface area contributed by atoms with E-state index in [9.17, 15) is 4.79 Å². The van der Waals surface area contributed by atoms with Crippen molar-refractivity contribution < 1.29 is 14.3 Å². The summed E-state index contributed by atoms with van der Waals surface area (Å²) in [5.74, 6) is 2.87. The molecule has 1 fully saturated rings. The van der Waals surface area contributed by atoms with Crippen molar-refractivity contribution in [3.63, 3.8) is 0 Å². The molecule has 0 spiro atoms. The molecule has 2 aromatic rings. The molecule has 25 heavy (non-hydrogen) atoms. The first-order valence-electron chi connectivity index (χ1n) is 8.18. The zero-order chi connectivity index (χ0) is 17.2. The second kappa shape index (κ2) is 6.46. The first kappa shape index (κ1) is 15.5. The lowest BCUT2D eigenvalue weighted by atomic mass is 10.2. The molecule has 1 aromatic carbocycles. The van der Waals surface area contributed by atoms with E-state index in [1.54, 1.807) is 4.90 Å². The summed E-state index contributed by atoms with van der Waals surface area (Å²) in [5, 5.41) is 3.29. The molecule has 2 aliphatic rings. The van der Waals surface area contributed by atoms with Gasteiger partial charge in [0, 0.05) is 49.7 Å². The average molecular weight is 341 g/mol. The molecule has 1 N–H and O–H groups in total. The molecule has 1 saturated heterocycles. The third-order valence-corrected chi connectivity index (χ3v) is 4.23. The third kappa shape index (κ3) is 3.28. The van der Waals surface area contributed by atoms with Gasteiger partial charge < -0.3 is 24.6 Å². The summed E-state index contributed by atoms with van der Waals surface area (Å²) in [7, 11) is 0. The highest BCUT2D eigenvalue weighted by Gasteiger charge is 2.19. The number of piperazine rings is 1. The van der Waals surface area contributed by atoms with E-state index in [-0.39, 0.29) is 6.79 Å². The average Bonchev–Trinajstić information content (AvgIpc) is 3.09. The molecular weight excluding hydrogens is 322 g/mol. The van der Waals surface area contributed by atoms with Crippen LogP contribution in [0.4, 0.5) is 17.5 Å². The minimum Gasteiger partial charge on any atom is -0.454 e. The molecule has 8 heteroatoms. The van der Waals surface area contributed by atoms with Crippen molar-refractivity contribution in [1.29, 1.82) is 0 Å². The highest BCUT2D eigenvalue weighted by atomic mass is 16.7. The second-order valence-electron chi connectivity index (χ2n) is 6.02. The van der Waals surface area contributed by atoms with Crippen molar-refractivity contribution in [2.45, 2.75) is 6.92 Å². The second-order valence-corrected chi connectivity index (χ2v) is 6.02. The lowest BCUT2D eigenvalue weighted by Gasteiger charge is -2.32. The van der Waals surface area contributed by atoms with E-state index < -0.39 is 0 Å². The summed E-state index contributed by atoms with van der Waals surface area (Å²) in [5.41, 5.74) is 1.75. The number of hydrogen-bond acceptors (Lipinski definition) is 7. The number of nitrogens with one attached hydrogen (secondary N) is 1. The Morgan fingerprint density at radius 1 is 1.08 bits per heavy atom. The fourth-order valence-corrected chi connectivity index (χ4v) is 2.91. The first-order valence-corrected chi connectivity index (χ1v) is 8.18. The van der Waals surface area contributed by atoms with Gasteiger partial charge in [0.05, 0.1) is 0 Å². The van der Waals surface area contributed by atoms with Crippen molar-refractivity contribution in [3.05, 3.63) is 30.0 Å². The van der Waals surface area contributed by atoms with Crippen LogP contribution < -0.4 is 19.7 Å². The summed E-state index contributed by atoms with van der Waals surface area (Å²) in [6.07, 6.45) is 0.890. The van der Waals surface area contributed by atoms with Gasteiger partial charge in [0.2, 0.25) is 19.2 Å². The van der Waals surface area contributed by atoms with E-state index in [0.29, 0.717) is 19.0 Å². The number of amides is 1. The summed E-state index contributed by atoms with van der Waals surface area (Å²) < 4.78 is 10.7. The number of hydrogen-bond donors (Lipinski definition) is 1. The molecule has 0 radical (unpaired) electrons. The number of carbonyl (C=O) groups excluding carboxylic acids is 1.